The number of piperidine rings is 1. The van der Waals surface area contributed by atoms with Crippen molar-refractivity contribution in [1.82, 2.24) is 39.4 Å². The normalized spacial score (nSPS) is 21.5. The Morgan fingerprint density at radius 3 is 1.09 bits per heavy atom. The molecule has 744 valence electrons. The average molecular weight is 1950 g/mol. The third-order valence-corrected chi connectivity index (χ3v) is 31.5. The van der Waals surface area contributed by atoms with Crippen LogP contribution in [0.25, 0.3) is 11.0 Å². The highest BCUT2D eigenvalue weighted by Crippen LogP contribution is 2.44. The molecule has 1 N–H and O–H groups in total. The number of likely N-dealkylation sites (tertiary alicyclic amines) is 2. The fraction of sp³-hybridized carbons (Fsp3) is 0.383. The summed E-state index contributed by atoms with van der Waals surface area (Å²) in [4.78, 5) is 173. The van der Waals surface area contributed by atoms with Crippen LogP contribution in [0.3, 0.4) is 0 Å². The van der Waals surface area contributed by atoms with E-state index in [1.54, 1.807) is 49.9 Å². The van der Waals surface area contributed by atoms with Crippen molar-refractivity contribution >= 4 is 92.3 Å². The average Bonchev–Trinajstić information content (AvgIpc) is 1.63. The molecule has 7 atom stereocenters. The molecule has 5 aliphatic carbocycles. The number of hydrogen-bond donors (Lipinski definition) is 1. The van der Waals surface area contributed by atoms with E-state index in [0.717, 1.165) is 110 Å². The van der Waals surface area contributed by atoms with Crippen molar-refractivity contribution in [2.75, 3.05) is 26.2 Å². The van der Waals surface area contributed by atoms with Crippen LogP contribution in [0.4, 0.5) is 5.69 Å². The monoisotopic (exact) mass is 1950 g/mol. The molecule has 23 rings (SSSR count). The van der Waals surface area contributed by atoms with Crippen molar-refractivity contribution in [3.8, 4) is 23.0 Å². The zero-order chi connectivity index (χ0) is 100. The highest BCUT2D eigenvalue weighted by Gasteiger charge is 2.46. The first-order valence-corrected chi connectivity index (χ1v) is 51.7. The van der Waals surface area contributed by atoms with Crippen LogP contribution < -0.4 is 18.9 Å². The number of fused-ring (bicyclic) bond motifs is 7. The summed E-state index contributed by atoms with van der Waals surface area (Å²) in [6.07, 6.45) is 13.5. The van der Waals surface area contributed by atoms with Gasteiger partial charge in [-0.3, -0.25) is 67.4 Å². The summed E-state index contributed by atoms with van der Waals surface area (Å²) in [5, 5.41) is 0. The third kappa shape index (κ3) is 22.2. The Morgan fingerprint density at radius 1 is 0.366 bits per heavy atom. The number of nitrogens with one attached hydrogen (secondary N) is 1. The number of hydrogen-bond acceptors (Lipinski definition) is 20. The van der Waals surface area contributed by atoms with Gasteiger partial charge < -0.3 is 48.4 Å². The van der Waals surface area contributed by atoms with Crippen molar-refractivity contribution in [2.45, 2.75) is 251 Å². The van der Waals surface area contributed by atoms with Crippen molar-refractivity contribution in [3.05, 3.63) is 319 Å². The number of nitrogens with zero attached hydrogens (tertiary/aromatic N) is 8. The Hall–Kier alpha value is -14.3. The van der Waals surface area contributed by atoms with E-state index in [-0.39, 0.29) is 95.6 Å². The molecule has 25 nitrogen and oxygen atoms in total. The van der Waals surface area contributed by atoms with Gasteiger partial charge in [0.25, 0.3) is 23.6 Å². The summed E-state index contributed by atoms with van der Waals surface area (Å²) in [7, 11) is 0. The van der Waals surface area contributed by atoms with Crippen LogP contribution in [0, 0.1) is 17.8 Å². The molecule has 7 aliphatic heterocycles. The third-order valence-electron chi connectivity index (χ3n) is 31.5. The van der Waals surface area contributed by atoms with Gasteiger partial charge in [-0.05, 0) is 219 Å². The lowest BCUT2D eigenvalue weighted by atomic mass is 9.82. The first kappa shape index (κ1) is 98.1. The van der Waals surface area contributed by atoms with Crippen molar-refractivity contribution < 1.29 is 76.5 Å². The van der Waals surface area contributed by atoms with Crippen molar-refractivity contribution in [3.63, 3.8) is 0 Å². The summed E-state index contributed by atoms with van der Waals surface area (Å²) in [6, 6.07) is 70.8. The maximum Gasteiger partial charge on any atom is 0.255 e. The minimum Gasteiger partial charge on any atom is -0.489 e. The summed E-state index contributed by atoms with van der Waals surface area (Å²) >= 11 is 0. The first-order valence-electron chi connectivity index (χ1n) is 51.7. The minimum atomic E-state index is -0.533. The number of Topliss-reactive ketones (excluding diaryl/α,β-unsaturated/α-hetero) is 8. The molecule has 145 heavy (non-hydrogen) atoms. The molecular formula is C120H123N9O16. The lowest BCUT2D eigenvalue weighted by Crippen LogP contribution is -2.44. The van der Waals surface area contributed by atoms with E-state index in [0.29, 0.717) is 168 Å². The van der Waals surface area contributed by atoms with Gasteiger partial charge in [0.15, 0.2) is 23.1 Å². The fourth-order valence-corrected chi connectivity index (χ4v) is 23.2. The summed E-state index contributed by atoms with van der Waals surface area (Å²) in [6.45, 7) is 15.6. The van der Waals surface area contributed by atoms with Crippen LogP contribution in [0.1, 0.15) is 262 Å². The lowest BCUT2D eigenvalue weighted by Gasteiger charge is -2.34. The molecule has 11 aromatic rings. The number of aromatic amines is 1. The quantitative estimate of drug-likeness (QED) is 0.0520. The van der Waals surface area contributed by atoms with E-state index in [1.807, 2.05) is 84.9 Å². The van der Waals surface area contributed by atoms with E-state index >= 15 is 0 Å². The number of carbonyl (C=O) groups is 12. The van der Waals surface area contributed by atoms with Crippen molar-refractivity contribution in [1.29, 1.82) is 0 Å². The second kappa shape index (κ2) is 43.7. The standard InChI is InChI=1S/C31H28N2O4.C30H34N2O4.C30H36N2O4.C29H25N3O4/c1-19-23-5-2-3-7-26(23)32-27(19)15-20-9-11-21(12-10-20)18-37-30-8-4-6-24-25(30)17-33(31(24)36)28-14-13-22(34)16-29(28)35;33-24-12-13-27(28(34)14-24)32-18-26-25(30(32)35)6-3-7-29(26)36-19-21-10-8-20(9-11-21)15-31-16-22-4-1-2-5-23(22)17-31;1-20(2)31-14-12-22(13-15-31)16-21-6-8-23(9-7-21)19-36-29-5-3-4-25-26(29)18-32(30(25)35)27-11-10-24(33)17-28(27)34;33-20-12-13-25(26(34)15-20)32-16-22-21(29(32)35)4-3-7-27(22)36-17-19-10-8-18(9-11-19)14-28-30-23-5-1-2-6-24(23)31-28/h2-12,19,28H,13-18H2,1H3;3,6-11,22-23,27H,1-2,4-5,12-19H2;3-9,20,22,27H,10-19H2,1-2H3;1-11,25H,12-17H2,(H,30,31)/t;22-,23+,27?;;. The zero-order valence-corrected chi connectivity index (χ0v) is 82.6. The molecule has 5 unspecified atom stereocenters. The van der Waals surface area contributed by atoms with Gasteiger partial charge in [-0.25, -0.2) is 4.98 Å². The number of carbonyl (C=O) groups excluding carboxylic acids is 12. The predicted octanol–water partition coefficient (Wildman–Crippen LogP) is 18.8. The number of benzene rings is 10. The first-order chi connectivity index (χ1) is 70.5. The molecule has 1 aromatic heterocycles. The van der Waals surface area contributed by atoms with Crippen LogP contribution in [-0.4, -0.2) is 171 Å². The molecule has 4 amide bonds. The Labute approximate surface area is 844 Å². The van der Waals surface area contributed by atoms with Crippen LogP contribution >= 0.6 is 0 Å². The van der Waals surface area contributed by atoms with E-state index in [2.05, 4.69) is 144 Å². The summed E-state index contributed by atoms with van der Waals surface area (Å²) in [5.74, 6) is 5.06. The largest absolute Gasteiger partial charge is 0.489 e. The van der Waals surface area contributed by atoms with E-state index in [4.69, 9.17) is 23.9 Å². The number of ether oxygens (including phenoxy) is 4. The highest BCUT2D eigenvalue weighted by atomic mass is 16.5. The van der Waals surface area contributed by atoms with Gasteiger partial charge in [0, 0.05) is 120 Å². The second-order valence-corrected chi connectivity index (χ2v) is 41.4. The molecular weight excluding hydrogens is 1820 g/mol. The fourth-order valence-electron chi connectivity index (χ4n) is 23.2. The van der Waals surface area contributed by atoms with Gasteiger partial charge >= 0.3 is 0 Å². The van der Waals surface area contributed by atoms with Gasteiger partial charge in [-0.1, -0.05) is 171 Å². The highest BCUT2D eigenvalue weighted by molar-refractivity contribution is 6.11. The lowest BCUT2D eigenvalue weighted by molar-refractivity contribution is -0.134. The molecule has 0 radical (unpaired) electrons. The molecule has 0 spiro atoms. The van der Waals surface area contributed by atoms with Gasteiger partial charge in [0.2, 0.25) is 0 Å². The van der Waals surface area contributed by atoms with Gasteiger partial charge in [0.05, 0.1) is 92.8 Å². The molecule has 8 heterocycles. The second-order valence-electron chi connectivity index (χ2n) is 41.4. The molecule has 12 aliphatic rings. The Bertz CT molecular complexity index is 6810. The van der Waals surface area contributed by atoms with Crippen LogP contribution in [0.5, 0.6) is 23.0 Å². The van der Waals surface area contributed by atoms with Crippen LogP contribution in [0.15, 0.2) is 223 Å². The van der Waals surface area contributed by atoms with Crippen molar-refractivity contribution in [2.24, 2.45) is 22.7 Å². The number of amides is 4. The maximum atomic E-state index is 13.0. The molecule has 25 heteroatoms. The molecule has 0 bridgehead atoms. The maximum absolute atomic E-state index is 13.0. The smallest absolute Gasteiger partial charge is 0.255 e. The number of rotatable bonds is 25. The number of ketones is 8. The summed E-state index contributed by atoms with van der Waals surface area (Å²) in [5.41, 5.74) is 20.4. The van der Waals surface area contributed by atoms with Crippen LogP contribution in [-0.2, 0) is 117 Å². The minimum absolute atomic E-state index is 0.0334. The number of para-hydroxylation sites is 3. The SMILES string of the molecule is CC(C)N1CCC(Cc2ccc(COc3cccc4c3CN(C3CCC(=O)CC3=O)C4=O)cc2)CC1.CC1C(Cc2ccc(COc3cccc4c3CN(C3CCC(=O)CC3=O)C4=O)cc2)=Nc2ccccc21.O=C1CCC(N2Cc3c(OCc4ccc(CN5C[C@H]6CCCC[C@H]6C5)cc4)cccc3C2=O)C(=O)C1.O=C1CCC(N2Cc3c(OCc4ccc(Cc5nc6ccccc6[nH]5)cc4)cccc3C2=O)C(=O)C1. The molecule has 10 aromatic carbocycles. The Morgan fingerprint density at radius 2 is 0.717 bits per heavy atom. The predicted molar refractivity (Wildman–Crippen MR) is 547 cm³/mol. The number of imidazole rings is 1. The Balaban J connectivity index is 0.000000118. The van der Waals surface area contributed by atoms with E-state index in [1.165, 1.54) is 92.7 Å². The molecule has 2 saturated heterocycles. The number of H-pyrrole nitrogens is 1. The molecule has 5 saturated carbocycles. The Kier molecular flexibility index (Phi) is 29.6. The summed E-state index contributed by atoms with van der Waals surface area (Å²) < 4.78 is 24.6. The molecule has 7 fully saturated rings. The van der Waals surface area contributed by atoms with Crippen LogP contribution in [0.2, 0.25) is 0 Å². The topological polar surface area (TPSA) is 302 Å². The van der Waals surface area contributed by atoms with E-state index < -0.39 is 24.2 Å². The number of aliphatic imine (C=N–C) groups is 1. The van der Waals surface area contributed by atoms with Gasteiger partial charge in [0.1, 0.15) is 78.4 Å². The zero-order valence-electron chi connectivity index (χ0n) is 82.6. The van der Waals surface area contributed by atoms with Gasteiger partial charge in [-0.2, -0.15) is 0 Å². The van der Waals surface area contributed by atoms with E-state index in [9.17, 15) is 57.5 Å². The number of aromatic nitrogens is 2. The van der Waals surface area contributed by atoms with Gasteiger partial charge in [-0.15, -0.1) is 0 Å².